The van der Waals surface area contributed by atoms with Gasteiger partial charge in [0.15, 0.2) is 0 Å². The van der Waals surface area contributed by atoms with Crippen molar-refractivity contribution >= 4 is 12.3 Å². The molecule has 0 radical (unpaired) electrons. The van der Waals surface area contributed by atoms with Crippen molar-refractivity contribution < 1.29 is 19.1 Å². The van der Waals surface area contributed by atoms with E-state index in [1.165, 1.54) is 12.3 Å². The third-order valence-electron chi connectivity index (χ3n) is 1.76. The summed E-state index contributed by atoms with van der Waals surface area (Å²) < 4.78 is 9.99. The number of allylic oxidation sites excluding steroid dienone is 3. The van der Waals surface area contributed by atoms with Crippen molar-refractivity contribution in [1.29, 1.82) is 0 Å². The zero-order valence-corrected chi connectivity index (χ0v) is 8.60. The average molecular weight is 208 g/mol. The van der Waals surface area contributed by atoms with Crippen LogP contribution in [-0.4, -0.2) is 18.5 Å². The van der Waals surface area contributed by atoms with E-state index in [4.69, 9.17) is 9.47 Å². The molecule has 4 nitrogen and oxygen atoms in total. The van der Waals surface area contributed by atoms with Gasteiger partial charge in [-0.05, 0) is 25.5 Å². The Bertz CT molecular complexity index is 350. The summed E-state index contributed by atoms with van der Waals surface area (Å²) in [7, 11) is 0. The van der Waals surface area contributed by atoms with Crippen LogP contribution in [0.1, 0.15) is 13.8 Å². The maximum Gasteiger partial charge on any atom is 0.336 e. The number of hydrogen-bond donors (Lipinski definition) is 0. The smallest absolute Gasteiger partial charge is 0.336 e. The first kappa shape index (κ1) is 11.2. The molecule has 0 saturated heterocycles. The van der Waals surface area contributed by atoms with Gasteiger partial charge in [0, 0.05) is 11.6 Å². The Labute approximate surface area is 87.9 Å². The molecular weight excluding hydrogens is 196 g/mol. The minimum Gasteiger partial charge on any atom is -0.458 e. The Hall–Kier alpha value is -1.84. The van der Waals surface area contributed by atoms with E-state index >= 15 is 0 Å². The van der Waals surface area contributed by atoms with E-state index < -0.39 is 6.29 Å². The lowest BCUT2D eigenvalue weighted by molar-refractivity contribution is -0.152. The molecule has 0 bridgehead atoms. The minimum absolute atomic E-state index is 0.366. The zero-order valence-electron chi connectivity index (χ0n) is 8.60. The Morgan fingerprint density at radius 1 is 1.60 bits per heavy atom. The molecule has 1 aliphatic heterocycles. The summed E-state index contributed by atoms with van der Waals surface area (Å²) >= 11 is 0. The molecule has 80 valence electrons. The number of carbonyl (C=O) groups is 2. The second kappa shape index (κ2) is 5.14. The van der Waals surface area contributed by atoms with Crippen LogP contribution in [0.15, 0.2) is 35.6 Å². The highest BCUT2D eigenvalue weighted by atomic mass is 16.7. The molecule has 15 heavy (non-hydrogen) atoms. The van der Waals surface area contributed by atoms with Crippen molar-refractivity contribution in [3.05, 3.63) is 35.6 Å². The van der Waals surface area contributed by atoms with Gasteiger partial charge in [0.2, 0.25) is 0 Å². The van der Waals surface area contributed by atoms with Gasteiger partial charge in [0.05, 0.1) is 6.26 Å². The minimum atomic E-state index is -0.655. The van der Waals surface area contributed by atoms with Crippen LogP contribution in [0.25, 0.3) is 0 Å². The van der Waals surface area contributed by atoms with Crippen LogP contribution in [0.3, 0.4) is 0 Å². The molecule has 0 amide bonds. The number of rotatable bonds is 4. The molecule has 1 rings (SSSR count). The summed E-state index contributed by atoms with van der Waals surface area (Å²) in [6.45, 7) is 3.43. The summed E-state index contributed by atoms with van der Waals surface area (Å²) in [6, 6.07) is 0. The van der Waals surface area contributed by atoms with Gasteiger partial charge in [-0.25, -0.2) is 4.79 Å². The van der Waals surface area contributed by atoms with Crippen molar-refractivity contribution in [3.63, 3.8) is 0 Å². The Balaban J connectivity index is 2.48. The molecule has 4 heteroatoms. The summed E-state index contributed by atoms with van der Waals surface area (Å²) in [6.07, 6.45) is 6.01. The van der Waals surface area contributed by atoms with Crippen molar-refractivity contribution in [1.82, 2.24) is 0 Å². The lowest BCUT2D eigenvalue weighted by atomic mass is 10.3. The molecule has 0 fully saturated rings. The van der Waals surface area contributed by atoms with Gasteiger partial charge >= 0.3 is 5.97 Å². The largest absolute Gasteiger partial charge is 0.458 e. The highest BCUT2D eigenvalue weighted by Crippen LogP contribution is 2.14. The van der Waals surface area contributed by atoms with Gasteiger partial charge in [-0.15, -0.1) is 0 Å². The standard InChI is InChI=1S/C11H12O4/c1-8(4-3-5-12)7-14-10-6-9(2)11(13)15-10/h3-7,10H,1-2H3. The average Bonchev–Trinajstić information content (AvgIpc) is 2.52. The van der Waals surface area contributed by atoms with E-state index in [0.717, 1.165) is 5.57 Å². The zero-order chi connectivity index (χ0) is 11.3. The first-order valence-electron chi connectivity index (χ1n) is 4.47. The molecular formula is C11H12O4. The van der Waals surface area contributed by atoms with Gasteiger partial charge < -0.3 is 9.47 Å². The molecule has 1 aliphatic rings. The fraction of sp³-hybridized carbons (Fsp3) is 0.273. The molecule has 1 heterocycles. The number of esters is 1. The van der Waals surface area contributed by atoms with Crippen molar-refractivity contribution in [2.45, 2.75) is 20.1 Å². The molecule has 0 aromatic rings. The molecule has 0 aliphatic carbocycles. The Morgan fingerprint density at radius 2 is 2.33 bits per heavy atom. The predicted octanol–water partition coefficient (Wildman–Crippen LogP) is 1.49. The molecule has 1 atom stereocenters. The van der Waals surface area contributed by atoms with E-state index in [9.17, 15) is 9.59 Å². The number of ether oxygens (including phenoxy) is 2. The third kappa shape index (κ3) is 3.42. The molecule has 1 unspecified atom stereocenters. The maximum atomic E-state index is 10.9. The first-order chi connectivity index (χ1) is 7.13. The quantitative estimate of drug-likeness (QED) is 0.231. The molecule has 0 spiro atoms. The summed E-state index contributed by atoms with van der Waals surface area (Å²) in [5, 5.41) is 0. The summed E-state index contributed by atoms with van der Waals surface area (Å²) in [4.78, 5) is 21.0. The van der Waals surface area contributed by atoms with Gasteiger partial charge in [-0.3, -0.25) is 4.79 Å². The molecule has 0 saturated carbocycles. The Kier molecular flexibility index (Phi) is 3.85. The SMILES string of the molecule is CC(C=CC=O)=COC1C=C(C)C(=O)O1. The van der Waals surface area contributed by atoms with Gasteiger partial charge in [-0.1, -0.05) is 6.08 Å². The first-order valence-corrected chi connectivity index (χ1v) is 4.47. The van der Waals surface area contributed by atoms with E-state index in [1.807, 2.05) is 0 Å². The summed E-state index contributed by atoms with van der Waals surface area (Å²) in [5.74, 6) is -0.366. The van der Waals surface area contributed by atoms with E-state index in [-0.39, 0.29) is 5.97 Å². The fourth-order valence-electron chi connectivity index (χ4n) is 0.976. The number of hydrogen-bond acceptors (Lipinski definition) is 4. The topological polar surface area (TPSA) is 52.6 Å². The molecule has 0 aromatic carbocycles. The second-order valence-electron chi connectivity index (χ2n) is 3.12. The van der Waals surface area contributed by atoms with Crippen LogP contribution in [0, 0.1) is 0 Å². The summed E-state index contributed by atoms with van der Waals surface area (Å²) in [5.41, 5.74) is 1.30. The third-order valence-corrected chi connectivity index (χ3v) is 1.76. The van der Waals surface area contributed by atoms with Gasteiger partial charge in [-0.2, -0.15) is 0 Å². The van der Waals surface area contributed by atoms with Crippen LogP contribution in [0.2, 0.25) is 0 Å². The highest BCUT2D eigenvalue weighted by molar-refractivity contribution is 5.89. The normalized spacial score (nSPS) is 21.5. The van der Waals surface area contributed by atoms with E-state index in [2.05, 4.69) is 0 Å². The van der Waals surface area contributed by atoms with Gasteiger partial charge in [0.25, 0.3) is 6.29 Å². The number of aldehydes is 1. The van der Waals surface area contributed by atoms with Crippen LogP contribution in [0.5, 0.6) is 0 Å². The molecule has 0 aromatic heterocycles. The second-order valence-corrected chi connectivity index (χ2v) is 3.12. The monoisotopic (exact) mass is 208 g/mol. The van der Waals surface area contributed by atoms with E-state index in [1.54, 1.807) is 26.0 Å². The lowest BCUT2D eigenvalue weighted by Crippen LogP contribution is -2.09. The van der Waals surface area contributed by atoms with Crippen molar-refractivity contribution in [3.8, 4) is 0 Å². The number of cyclic esters (lactones) is 1. The van der Waals surface area contributed by atoms with Crippen LogP contribution in [0.4, 0.5) is 0 Å². The van der Waals surface area contributed by atoms with Crippen molar-refractivity contribution in [2.75, 3.05) is 0 Å². The van der Waals surface area contributed by atoms with Crippen LogP contribution < -0.4 is 0 Å². The number of carbonyl (C=O) groups excluding carboxylic acids is 2. The van der Waals surface area contributed by atoms with E-state index in [0.29, 0.717) is 11.9 Å². The van der Waals surface area contributed by atoms with Gasteiger partial charge in [0.1, 0.15) is 6.29 Å². The van der Waals surface area contributed by atoms with Crippen LogP contribution in [-0.2, 0) is 19.1 Å². The Morgan fingerprint density at radius 3 is 2.87 bits per heavy atom. The lowest BCUT2D eigenvalue weighted by Gasteiger charge is -2.07. The maximum absolute atomic E-state index is 10.9. The predicted molar refractivity (Wildman–Crippen MR) is 53.7 cm³/mol. The van der Waals surface area contributed by atoms with Crippen LogP contribution >= 0.6 is 0 Å². The molecule has 0 N–H and O–H groups in total. The fourth-order valence-corrected chi connectivity index (χ4v) is 0.976. The highest BCUT2D eigenvalue weighted by Gasteiger charge is 2.22. The van der Waals surface area contributed by atoms with Crippen molar-refractivity contribution in [2.24, 2.45) is 0 Å².